The van der Waals surface area contributed by atoms with Gasteiger partial charge < -0.3 is 29.9 Å². The Kier molecular flexibility index (Phi) is 9.40. The minimum Gasteiger partial charge on any atom is -0.462 e. The fourth-order valence-corrected chi connectivity index (χ4v) is 5.71. The second kappa shape index (κ2) is 13.2. The Morgan fingerprint density at radius 3 is 2.41 bits per heavy atom. The number of carbonyl (C=O) groups is 2. The summed E-state index contributed by atoms with van der Waals surface area (Å²) >= 11 is 0. The lowest BCUT2D eigenvalue weighted by Crippen LogP contribution is -2.52. The number of fused-ring (bicyclic) bond motifs is 1. The maximum absolute atomic E-state index is 13.3. The molecule has 3 aromatic rings. The average molecular weight is 608 g/mol. The zero-order valence-electron chi connectivity index (χ0n) is 26.6. The largest absolute Gasteiger partial charge is 0.462 e. The number of ether oxygens (including phenoxy) is 2. The summed E-state index contributed by atoms with van der Waals surface area (Å²) in [7, 11) is 0. The first-order valence-electron chi connectivity index (χ1n) is 15.6. The molecular weight excluding hydrogens is 562 g/mol. The van der Waals surface area contributed by atoms with Crippen LogP contribution in [0.5, 0.6) is 6.01 Å². The minimum atomic E-state index is -0.524. The van der Waals surface area contributed by atoms with Crippen LogP contribution in [0.25, 0.3) is 5.65 Å². The monoisotopic (exact) mass is 607 g/mol. The number of pyridine rings is 1. The van der Waals surface area contributed by atoms with Gasteiger partial charge in [0.2, 0.25) is 5.91 Å². The third-order valence-corrected chi connectivity index (χ3v) is 8.05. The molecule has 0 atom stereocenters. The van der Waals surface area contributed by atoms with Crippen molar-refractivity contribution in [1.82, 2.24) is 34.4 Å². The van der Waals surface area contributed by atoms with E-state index in [0.717, 1.165) is 48.6 Å². The number of hydrogen-bond donors (Lipinski definition) is 1. The van der Waals surface area contributed by atoms with Crippen molar-refractivity contribution in [3.8, 4) is 6.01 Å². The molecule has 13 heteroatoms. The summed E-state index contributed by atoms with van der Waals surface area (Å²) < 4.78 is 12.9. The van der Waals surface area contributed by atoms with Crippen molar-refractivity contribution in [3.63, 3.8) is 0 Å². The predicted octanol–water partition coefficient (Wildman–Crippen LogP) is 3.48. The Hall–Kier alpha value is -4.16. The van der Waals surface area contributed by atoms with Crippen molar-refractivity contribution >= 4 is 29.3 Å². The van der Waals surface area contributed by atoms with Crippen LogP contribution in [0.4, 0.5) is 16.4 Å². The van der Waals surface area contributed by atoms with Gasteiger partial charge in [-0.3, -0.25) is 4.79 Å². The van der Waals surface area contributed by atoms with Gasteiger partial charge in [0.25, 0.3) is 0 Å². The van der Waals surface area contributed by atoms with Gasteiger partial charge in [0.15, 0.2) is 11.5 Å². The molecule has 2 aliphatic rings. The van der Waals surface area contributed by atoms with Gasteiger partial charge in [-0.15, -0.1) is 5.10 Å². The molecule has 0 saturated carbocycles. The molecule has 0 aromatic carbocycles. The number of aryl methyl sites for hydroxylation is 1. The maximum Gasteiger partial charge on any atom is 0.410 e. The average Bonchev–Trinajstić information content (AvgIpc) is 3.39. The number of nitrogens with two attached hydrogens (primary N) is 1. The zero-order chi connectivity index (χ0) is 31.4. The van der Waals surface area contributed by atoms with Gasteiger partial charge in [0, 0.05) is 57.8 Å². The Bertz CT molecular complexity index is 1470. The quantitative estimate of drug-likeness (QED) is 0.378. The number of imidazole rings is 1. The third kappa shape index (κ3) is 7.31. The highest BCUT2D eigenvalue weighted by Gasteiger charge is 2.33. The second-order valence-electron chi connectivity index (χ2n) is 12.7. The molecule has 2 fully saturated rings. The fourth-order valence-electron chi connectivity index (χ4n) is 5.71. The van der Waals surface area contributed by atoms with Gasteiger partial charge in [-0.25, -0.2) is 19.3 Å². The van der Waals surface area contributed by atoms with Crippen molar-refractivity contribution < 1.29 is 19.1 Å². The van der Waals surface area contributed by atoms with Crippen LogP contribution in [-0.2, 0) is 16.0 Å². The number of anilines is 2. The lowest BCUT2D eigenvalue weighted by Gasteiger charge is -2.39. The van der Waals surface area contributed by atoms with Crippen LogP contribution in [0.3, 0.4) is 0 Å². The first-order chi connectivity index (χ1) is 21.0. The molecule has 0 spiro atoms. The molecule has 3 aromatic heterocycles. The van der Waals surface area contributed by atoms with Gasteiger partial charge in [-0.05, 0) is 58.1 Å². The van der Waals surface area contributed by atoms with Crippen LogP contribution >= 0.6 is 0 Å². The molecule has 238 valence electrons. The molecule has 2 aliphatic heterocycles. The summed E-state index contributed by atoms with van der Waals surface area (Å²) in [5.74, 6) is 1.35. The van der Waals surface area contributed by atoms with E-state index in [9.17, 15) is 9.59 Å². The summed E-state index contributed by atoms with van der Waals surface area (Å²) in [6.45, 7) is 14.1. The first kappa shape index (κ1) is 31.3. The van der Waals surface area contributed by atoms with Crippen molar-refractivity contribution in [2.75, 3.05) is 56.5 Å². The van der Waals surface area contributed by atoms with E-state index in [4.69, 9.17) is 20.2 Å². The lowest BCUT2D eigenvalue weighted by molar-refractivity contribution is -0.137. The van der Waals surface area contributed by atoms with Crippen LogP contribution in [0.1, 0.15) is 70.2 Å². The Morgan fingerprint density at radius 2 is 1.75 bits per heavy atom. The van der Waals surface area contributed by atoms with Crippen molar-refractivity contribution in [2.45, 2.75) is 72.3 Å². The van der Waals surface area contributed by atoms with E-state index < -0.39 is 5.60 Å². The zero-order valence-corrected chi connectivity index (χ0v) is 26.6. The molecule has 0 aliphatic carbocycles. The number of likely N-dealkylation sites (tertiary alicyclic amines) is 1. The Balaban J connectivity index is 1.15. The summed E-state index contributed by atoms with van der Waals surface area (Å²) in [6.07, 6.45) is 7.19. The van der Waals surface area contributed by atoms with E-state index in [2.05, 4.69) is 39.9 Å². The molecule has 0 radical (unpaired) electrons. The number of piperidine rings is 1. The number of aromatic nitrogens is 5. The van der Waals surface area contributed by atoms with E-state index in [0.29, 0.717) is 57.7 Å². The smallest absolute Gasteiger partial charge is 0.410 e. The van der Waals surface area contributed by atoms with E-state index in [-0.39, 0.29) is 29.7 Å². The lowest BCUT2D eigenvalue weighted by atomic mass is 9.95. The van der Waals surface area contributed by atoms with Gasteiger partial charge >= 0.3 is 12.1 Å². The molecule has 5 heterocycles. The summed E-state index contributed by atoms with van der Waals surface area (Å²) in [5.41, 5.74) is 9.08. The molecule has 2 N–H and O–H groups in total. The van der Waals surface area contributed by atoms with Gasteiger partial charge in [-0.2, -0.15) is 4.98 Å². The molecular formula is C31H45N9O4. The van der Waals surface area contributed by atoms with Crippen LogP contribution in [0.15, 0.2) is 18.5 Å². The highest BCUT2D eigenvalue weighted by Crippen LogP contribution is 2.25. The maximum atomic E-state index is 13.3. The van der Waals surface area contributed by atoms with E-state index >= 15 is 0 Å². The Morgan fingerprint density at radius 1 is 1.02 bits per heavy atom. The Labute approximate surface area is 258 Å². The molecule has 0 unspecified atom stereocenters. The second-order valence-corrected chi connectivity index (χ2v) is 12.7. The number of rotatable bonds is 8. The molecule has 5 rings (SSSR count). The van der Waals surface area contributed by atoms with Gasteiger partial charge in [0.05, 0.1) is 18.5 Å². The van der Waals surface area contributed by atoms with E-state index in [1.165, 1.54) is 0 Å². The molecule has 2 saturated heterocycles. The van der Waals surface area contributed by atoms with E-state index in [1.54, 1.807) is 15.6 Å². The van der Waals surface area contributed by atoms with Crippen LogP contribution < -0.4 is 15.4 Å². The summed E-state index contributed by atoms with van der Waals surface area (Å²) in [5, 5.41) is 4.51. The normalized spacial score (nSPS) is 16.4. The standard InChI is InChI=1S/C31H45N9O4/c1-6-7-16-43-29-35-25(32)27-34-20-24(40(27)36-29)18-22-17-21(2)26(33-19-22)37-12-14-38(15-13-37)28(41)23-8-10-39(11-9-23)30(42)44-31(3,4)5/h17,19-20,23H,6-16,18H2,1-5H3,(H2,32,35,36). The number of unbranched alkanes of at least 4 members (excludes halogenated alkanes) is 1. The van der Waals surface area contributed by atoms with Crippen LogP contribution in [0, 0.1) is 12.8 Å². The fraction of sp³-hybridized carbons (Fsp3) is 0.613. The SMILES string of the molecule is CCCCOc1nc(N)c2ncc(Cc3cnc(N4CCN(C(=O)C5CCN(C(=O)OC(C)(C)C)CC5)CC4)c(C)c3)n2n1. The topological polar surface area (TPSA) is 144 Å². The minimum absolute atomic E-state index is 0.0568. The van der Waals surface area contributed by atoms with Crippen molar-refractivity contribution in [3.05, 3.63) is 35.3 Å². The molecule has 13 nitrogen and oxygen atoms in total. The number of hydrogen-bond acceptors (Lipinski definition) is 10. The highest BCUT2D eigenvalue weighted by atomic mass is 16.6. The number of piperazine rings is 1. The number of carbonyl (C=O) groups excluding carboxylic acids is 2. The molecule has 0 bridgehead atoms. The summed E-state index contributed by atoms with van der Waals surface area (Å²) in [4.78, 5) is 45.1. The first-order valence-corrected chi connectivity index (χ1v) is 15.6. The summed E-state index contributed by atoms with van der Waals surface area (Å²) in [6, 6.07) is 2.39. The number of nitrogen functional groups attached to an aromatic ring is 1. The van der Waals surface area contributed by atoms with Crippen molar-refractivity contribution in [2.24, 2.45) is 5.92 Å². The molecule has 2 amide bonds. The highest BCUT2D eigenvalue weighted by molar-refractivity contribution is 5.79. The third-order valence-electron chi connectivity index (χ3n) is 8.05. The number of amides is 2. The number of nitrogens with zero attached hydrogens (tertiary/aromatic N) is 8. The van der Waals surface area contributed by atoms with Gasteiger partial charge in [-0.1, -0.05) is 19.4 Å². The van der Waals surface area contributed by atoms with Crippen molar-refractivity contribution in [1.29, 1.82) is 0 Å². The predicted molar refractivity (Wildman–Crippen MR) is 167 cm³/mol. The van der Waals surface area contributed by atoms with Crippen LogP contribution in [-0.4, -0.2) is 97.8 Å². The van der Waals surface area contributed by atoms with Gasteiger partial charge in [0.1, 0.15) is 11.4 Å². The van der Waals surface area contributed by atoms with E-state index in [1.807, 2.05) is 31.9 Å². The van der Waals surface area contributed by atoms with Crippen LogP contribution in [0.2, 0.25) is 0 Å². The molecule has 44 heavy (non-hydrogen) atoms.